The lowest BCUT2D eigenvalue weighted by atomic mass is 10.0. The van der Waals surface area contributed by atoms with Crippen molar-refractivity contribution in [3.05, 3.63) is 35.4 Å². The van der Waals surface area contributed by atoms with Crippen molar-refractivity contribution in [1.29, 1.82) is 0 Å². The van der Waals surface area contributed by atoms with Crippen LogP contribution in [0.3, 0.4) is 0 Å². The lowest BCUT2D eigenvalue weighted by Crippen LogP contribution is -2.34. The third kappa shape index (κ3) is 4.09. The second-order valence-electron chi connectivity index (χ2n) is 4.14. The third-order valence-corrected chi connectivity index (χ3v) is 2.96. The third-order valence-electron chi connectivity index (χ3n) is 2.96. The quantitative estimate of drug-likeness (QED) is 0.721. The Kier molecular flexibility index (Phi) is 6.94. The van der Waals surface area contributed by atoms with E-state index in [9.17, 15) is 0 Å². The van der Waals surface area contributed by atoms with E-state index in [0.717, 1.165) is 6.42 Å². The first-order chi connectivity index (χ1) is 8.76. The van der Waals surface area contributed by atoms with E-state index in [1.54, 1.807) is 0 Å². The van der Waals surface area contributed by atoms with Gasteiger partial charge in [0.2, 0.25) is 0 Å². The molecule has 0 radical (unpaired) electrons. The Morgan fingerprint density at radius 1 is 1.11 bits per heavy atom. The van der Waals surface area contributed by atoms with Crippen LogP contribution in [0.5, 0.6) is 0 Å². The molecular weight excluding hydrogens is 226 g/mol. The summed E-state index contributed by atoms with van der Waals surface area (Å²) in [7, 11) is 1.94. The van der Waals surface area contributed by atoms with Gasteiger partial charge in [-0.05, 0) is 38.4 Å². The molecule has 1 atom stereocenters. The summed E-state index contributed by atoms with van der Waals surface area (Å²) in [6.07, 6.45) is 0.801. The number of aryl methyl sites for hydroxylation is 1. The van der Waals surface area contributed by atoms with Crippen LogP contribution in [-0.4, -0.2) is 26.6 Å². The normalized spacial score (nSPS) is 12.9. The average molecular weight is 251 g/mol. The molecule has 0 aromatic heterocycles. The number of benzene rings is 1. The van der Waals surface area contributed by atoms with Gasteiger partial charge in [-0.15, -0.1) is 0 Å². The van der Waals surface area contributed by atoms with Gasteiger partial charge in [0.15, 0.2) is 6.29 Å². The summed E-state index contributed by atoms with van der Waals surface area (Å²) in [5.41, 5.74) is 2.54. The molecule has 1 aromatic rings. The van der Waals surface area contributed by atoms with Crippen LogP contribution < -0.4 is 5.32 Å². The predicted molar refractivity (Wildman–Crippen MR) is 74.7 cm³/mol. The Labute approximate surface area is 110 Å². The van der Waals surface area contributed by atoms with Crippen LogP contribution in [0.4, 0.5) is 0 Å². The molecule has 0 heterocycles. The van der Waals surface area contributed by atoms with Gasteiger partial charge in [-0.1, -0.05) is 31.2 Å². The van der Waals surface area contributed by atoms with Gasteiger partial charge < -0.3 is 14.8 Å². The number of ether oxygens (including phenoxy) is 2. The second kappa shape index (κ2) is 8.25. The van der Waals surface area contributed by atoms with Crippen molar-refractivity contribution in [2.24, 2.45) is 0 Å². The van der Waals surface area contributed by atoms with Crippen molar-refractivity contribution in [3.63, 3.8) is 0 Å². The van der Waals surface area contributed by atoms with Gasteiger partial charge in [0.25, 0.3) is 0 Å². The van der Waals surface area contributed by atoms with Crippen LogP contribution >= 0.6 is 0 Å². The SMILES string of the molecule is CCOC(OCC)C(NC)c1cccc(CC)c1. The van der Waals surface area contributed by atoms with Crippen LogP contribution in [0.25, 0.3) is 0 Å². The first-order valence-corrected chi connectivity index (χ1v) is 6.76. The smallest absolute Gasteiger partial charge is 0.176 e. The largest absolute Gasteiger partial charge is 0.351 e. The summed E-state index contributed by atoms with van der Waals surface area (Å²) in [6, 6.07) is 8.63. The minimum atomic E-state index is -0.239. The molecular formula is C15H25NO2. The summed E-state index contributed by atoms with van der Waals surface area (Å²) in [6.45, 7) is 7.44. The highest BCUT2D eigenvalue weighted by Gasteiger charge is 2.22. The molecule has 0 aliphatic heterocycles. The van der Waals surface area contributed by atoms with E-state index in [-0.39, 0.29) is 12.3 Å². The monoisotopic (exact) mass is 251 g/mol. The molecule has 1 aromatic carbocycles. The molecule has 1 N–H and O–H groups in total. The Morgan fingerprint density at radius 2 is 1.78 bits per heavy atom. The van der Waals surface area contributed by atoms with Crippen molar-refractivity contribution in [2.45, 2.75) is 39.5 Å². The maximum atomic E-state index is 5.68. The Bertz CT molecular complexity index is 335. The van der Waals surface area contributed by atoms with E-state index in [4.69, 9.17) is 9.47 Å². The fourth-order valence-corrected chi connectivity index (χ4v) is 2.04. The molecule has 1 unspecified atom stereocenters. The molecule has 0 aliphatic carbocycles. The average Bonchev–Trinajstić information content (AvgIpc) is 2.40. The number of hydrogen-bond donors (Lipinski definition) is 1. The van der Waals surface area contributed by atoms with Gasteiger partial charge in [0.1, 0.15) is 0 Å². The van der Waals surface area contributed by atoms with Crippen molar-refractivity contribution in [2.75, 3.05) is 20.3 Å². The van der Waals surface area contributed by atoms with E-state index in [0.29, 0.717) is 13.2 Å². The van der Waals surface area contributed by atoms with Crippen molar-refractivity contribution in [1.82, 2.24) is 5.32 Å². The molecule has 1 rings (SSSR count). The summed E-state index contributed by atoms with van der Waals surface area (Å²) < 4.78 is 11.4. The molecule has 3 heteroatoms. The fourth-order valence-electron chi connectivity index (χ4n) is 2.04. The number of hydrogen-bond acceptors (Lipinski definition) is 3. The summed E-state index contributed by atoms with van der Waals surface area (Å²) in [5, 5.41) is 3.29. The Hall–Kier alpha value is -0.900. The topological polar surface area (TPSA) is 30.5 Å². The van der Waals surface area contributed by atoms with Crippen molar-refractivity contribution < 1.29 is 9.47 Å². The van der Waals surface area contributed by atoms with E-state index >= 15 is 0 Å². The summed E-state index contributed by atoms with van der Waals surface area (Å²) in [4.78, 5) is 0. The van der Waals surface area contributed by atoms with Crippen LogP contribution in [0, 0.1) is 0 Å². The van der Waals surface area contributed by atoms with Gasteiger partial charge in [0, 0.05) is 13.2 Å². The molecule has 0 fully saturated rings. The molecule has 0 amide bonds. The molecule has 18 heavy (non-hydrogen) atoms. The van der Waals surface area contributed by atoms with E-state index in [1.165, 1.54) is 11.1 Å². The molecule has 102 valence electrons. The van der Waals surface area contributed by atoms with Crippen LogP contribution in [0.15, 0.2) is 24.3 Å². The number of nitrogens with one attached hydrogen (secondary N) is 1. The summed E-state index contributed by atoms with van der Waals surface area (Å²) in [5.74, 6) is 0. The minimum Gasteiger partial charge on any atom is -0.351 e. The zero-order valence-corrected chi connectivity index (χ0v) is 11.9. The first-order valence-electron chi connectivity index (χ1n) is 6.76. The van der Waals surface area contributed by atoms with Gasteiger partial charge in [-0.2, -0.15) is 0 Å². The fraction of sp³-hybridized carbons (Fsp3) is 0.600. The highest BCUT2D eigenvalue weighted by atomic mass is 16.7. The molecule has 0 saturated carbocycles. The lowest BCUT2D eigenvalue weighted by Gasteiger charge is -2.27. The molecule has 0 bridgehead atoms. The number of likely N-dealkylation sites (N-methyl/N-ethyl adjacent to an activating group) is 1. The molecule has 0 spiro atoms. The Morgan fingerprint density at radius 3 is 2.28 bits per heavy atom. The maximum absolute atomic E-state index is 5.68. The molecule has 0 saturated heterocycles. The van der Waals surface area contributed by atoms with E-state index < -0.39 is 0 Å². The highest BCUT2D eigenvalue weighted by molar-refractivity contribution is 5.26. The first kappa shape index (κ1) is 15.2. The van der Waals surface area contributed by atoms with E-state index in [2.05, 4.69) is 36.5 Å². The van der Waals surface area contributed by atoms with Crippen molar-refractivity contribution >= 4 is 0 Å². The predicted octanol–water partition coefficient (Wildman–Crippen LogP) is 2.91. The van der Waals surface area contributed by atoms with Crippen LogP contribution in [0.2, 0.25) is 0 Å². The zero-order chi connectivity index (χ0) is 13.4. The lowest BCUT2D eigenvalue weighted by molar-refractivity contribution is -0.154. The van der Waals surface area contributed by atoms with Gasteiger partial charge in [-0.3, -0.25) is 0 Å². The van der Waals surface area contributed by atoms with Crippen LogP contribution in [0.1, 0.15) is 37.9 Å². The molecule has 3 nitrogen and oxygen atoms in total. The van der Waals surface area contributed by atoms with Crippen LogP contribution in [-0.2, 0) is 15.9 Å². The second-order valence-corrected chi connectivity index (χ2v) is 4.14. The minimum absolute atomic E-state index is 0.0661. The zero-order valence-electron chi connectivity index (χ0n) is 11.9. The maximum Gasteiger partial charge on any atom is 0.176 e. The van der Waals surface area contributed by atoms with E-state index in [1.807, 2.05) is 20.9 Å². The molecule has 0 aliphatic rings. The summed E-state index contributed by atoms with van der Waals surface area (Å²) >= 11 is 0. The van der Waals surface area contributed by atoms with Gasteiger partial charge in [-0.25, -0.2) is 0 Å². The van der Waals surface area contributed by atoms with Gasteiger partial charge >= 0.3 is 0 Å². The standard InChI is InChI=1S/C15H25NO2/c1-5-12-9-8-10-13(11-12)14(16-4)15(17-6-2)18-7-3/h8-11,14-16H,5-7H2,1-4H3. The van der Waals surface area contributed by atoms with Crippen molar-refractivity contribution in [3.8, 4) is 0 Å². The highest BCUT2D eigenvalue weighted by Crippen LogP contribution is 2.21. The van der Waals surface area contributed by atoms with Gasteiger partial charge in [0.05, 0.1) is 6.04 Å². The number of rotatable bonds is 8. The Balaban J connectivity index is 2.90.